The molecule has 0 unspecified atom stereocenters. The highest BCUT2D eigenvalue weighted by Gasteiger charge is 2.13. The molecule has 0 amide bonds. The Balaban J connectivity index is 1.73. The van der Waals surface area contributed by atoms with Gasteiger partial charge < -0.3 is 28.7 Å². The van der Waals surface area contributed by atoms with Crippen LogP contribution in [0.4, 0.5) is 5.69 Å². The number of anilines is 1. The number of hydrogen-bond acceptors (Lipinski definition) is 8. The lowest BCUT2D eigenvalue weighted by Gasteiger charge is -2.11. The Morgan fingerprint density at radius 1 is 0.815 bits per heavy atom. The Morgan fingerprint density at radius 2 is 1.59 bits per heavy atom. The summed E-state index contributed by atoms with van der Waals surface area (Å²) in [6, 6.07) is 10.9. The van der Waals surface area contributed by atoms with Gasteiger partial charge in [-0.05, 0) is 30.3 Å². The van der Waals surface area contributed by atoms with Crippen LogP contribution < -0.4 is 24.3 Å². The molecule has 0 bridgehead atoms. The van der Waals surface area contributed by atoms with Crippen molar-refractivity contribution in [3.05, 3.63) is 42.3 Å². The van der Waals surface area contributed by atoms with Crippen molar-refractivity contribution in [1.29, 1.82) is 0 Å². The molecule has 1 heterocycles. The summed E-state index contributed by atoms with van der Waals surface area (Å²) in [5, 5.41) is 11.4. The minimum Gasteiger partial charge on any atom is -0.497 e. The van der Waals surface area contributed by atoms with Gasteiger partial charge in [0.2, 0.25) is 11.8 Å². The molecule has 0 atom stereocenters. The summed E-state index contributed by atoms with van der Waals surface area (Å²) in [6.45, 7) is 0.350. The summed E-state index contributed by atoms with van der Waals surface area (Å²) in [5.41, 5.74) is 1.54. The van der Waals surface area contributed by atoms with Crippen molar-refractivity contribution in [1.82, 2.24) is 10.2 Å². The van der Waals surface area contributed by atoms with E-state index in [0.29, 0.717) is 41.3 Å². The van der Waals surface area contributed by atoms with Gasteiger partial charge in [-0.15, -0.1) is 10.2 Å². The van der Waals surface area contributed by atoms with Crippen LogP contribution in [0.2, 0.25) is 0 Å². The van der Waals surface area contributed by atoms with Crippen LogP contribution in [0.15, 0.2) is 40.8 Å². The third kappa shape index (κ3) is 4.05. The second kappa shape index (κ2) is 8.31. The number of benzene rings is 2. The molecular formula is C19H21N3O5. The number of rotatable bonds is 8. The number of ether oxygens (including phenoxy) is 4. The fourth-order valence-corrected chi connectivity index (χ4v) is 2.53. The molecule has 0 fully saturated rings. The highest BCUT2D eigenvalue weighted by atomic mass is 16.5. The predicted octanol–water partition coefficient (Wildman–Crippen LogP) is 3.38. The van der Waals surface area contributed by atoms with Crippen LogP contribution in [-0.2, 0) is 6.54 Å². The van der Waals surface area contributed by atoms with Crippen molar-refractivity contribution in [2.75, 3.05) is 33.8 Å². The Bertz CT molecular complexity index is 910. The predicted molar refractivity (Wildman–Crippen MR) is 99.7 cm³/mol. The van der Waals surface area contributed by atoms with Crippen molar-refractivity contribution in [2.45, 2.75) is 6.54 Å². The van der Waals surface area contributed by atoms with Crippen LogP contribution in [0.3, 0.4) is 0 Å². The van der Waals surface area contributed by atoms with Crippen molar-refractivity contribution in [3.8, 4) is 34.5 Å². The molecular weight excluding hydrogens is 350 g/mol. The van der Waals surface area contributed by atoms with Crippen molar-refractivity contribution < 1.29 is 23.4 Å². The Hall–Kier alpha value is -3.42. The number of nitrogens with zero attached hydrogens (tertiary/aromatic N) is 2. The molecule has 0 aliphatic carbocycles. The second-order valence-corrected chi connectivity index (χ2v) is 5.49. The van der Waals surface area contributed by atoms with E-state index in [-0.39, 0.29) is 0 Å². The monoisotopic (exact) mass is 371 g/mol. The molecule has 3 aromatic rings. The van der Waals surface area contributed by atoms with E-state index in [1.165, 1.54) is 0 Å². The first-order valence-electron chi connectivity index (χ1n) is 8.19. The molecule has 0 aliphatic rings. The first-order chi connectivity index (χ1) is 13.2. The molecule has 0 saturated heterocycles. The fraction of sp³-hybridized carbons (Fsp3) is 0.263. The molecule has 1 aromatic heterocycles. The first-order valence-corrected chi connectivity index (χ1v) is 8.19. The maximum Gasteiger partial charge on any atom is 0.247 e. The molecule has 0 radical (unpaired) electrons. The van der Waals surface area contributed by atoms with Gasteiger partial charge >= 0.3 is 0 Å². The molecule has 0 spiro atoms. The minimum atomic E-state index is 0.350. The largest absolute Gasteiger partial charge is 0.497 e. The van der Waals surface area contributed by atoms with Gasteiger partial charge in [0.05, 0.1) is 40.7 Å². The Labute approximate surface area is 157 Å². The lowest BCUT2D eigenvalue weighted by molar-refractivity contribution is 0.355. The summed E-state index contributed by atoms with van der Waals surface area (Å²) in [7, 11) is 6.37. The van der Waals surface area contributed by atoms with Gasteiger partial charge in [-0.3, -0.25) is 0 Å². The van der Waals surface area contributed by atoms with Crippen LogP contribution in [-0.4, -0.2) is 38.6 Å². The third-order valence-corrected chi connectivity index (χ3v) is 3.94. The Morgan fingerprint density at radius 3 is 2.30 bits per heavy atom. The Kier molecular flexibility index (Phi) is 5.65. The fourth-order valence-electron chi connectivity index (χ4n) is 2.53. The second-order valence-electron chi connectivity index (χ2n) is 5.49. The van der Waals surface area contributed by atoms with E-state index in [9.17, 15) is 0 Å². The van der Waals surface area contributed by atoms with Crippen molar-refractivity contribution in [2.24, 2.45) is 0 Å². The zero-order chi connectivity index (χ0) is 19.2. The number of methoxy groups -OCH3 is 4. The van der Waals surface area contributed by atoms with Gasteiger partial charge in [0.1, 0.15) is 11.5 Å². The van der Waals surface area contributed by atoms with E-state index in [1.54, 1.807) is 46.6 Å². The third-order valence-electron chi connectivity index (χ3n) is 3.94. The van der Waals surface area contributed by atoms with E-state index in [0.717, 1.165) is 11.3 Å². The zero-order valence-electron chi connectivity index (χ0n) is 15.6. The van der Waals surface area contributed by atoms with Gasteiger partial charge in [0.15, 0.2) is 11.5 Å². The van der Waals surface area contributed by atoms with Crippen LogP contribution in [0.5, 0.6) is 23.0 Å². The average molecular weight is 371 g/mol. The van der Waals surface area contributed by atoms with Gasteiger partial charge in [-0.1, -0.05) is 0 Å². The van der Waals surface area contributed by atoms with Crippen LogP contribution in [0, 0.1) is 0 Å². The van der Waals surface area contributed by atoms with Gasteiger partial charge in [-0.2, -0.15) is 0 Å². The zero-order valence-corrected chi connectivity index (χ0v) is 15.6. The smallest absolute Gasteiger partial charge is 0.247 e. The topological polar surface area (TPSA) is 87.9 Å². The highest BCUT2D eigenvalue weighted by molar-refractivity contribution is 5.60. The molecule has 142 valence electrons. The lowest BCUT2D eigenvalue weighted by atomic mass is 10.2. The molecule has 2 aromatic carbocycles. The maximum absolute atomic E-state index is 5.74. The SMILES string of the molecule is COc1ccc(NCc2nnc(-c3ccc(OC)c(OC)c3)o2)c(OC)c1. The van der Waals surface area contributed by atoms with E-state index < -0.39 is 0 Å². The van der Waals surface area contributed by atoms with E-state index in [2.05, 4.69) is 15.5 Å². The van der Waals surface area contributed by atoms with Gasteiger partial charge in [-0.25, -0.2) is 0 Å². The maximum atomic E-state index is 5.74. The number of hydrogen-bond donors (Lipinski definition) is 1. The molecule has 27 heavy (non-hydrogen) atoms. The van der Waals surface area contributed by atoms with Gasteiger partial charge in [0.25, 0.3) is 0 Å². The summed E-state index contributed by atoms with van der Waals surface area (Å²) < 4.78 is 26.8. The minimum absolute atomic E-state index is 0.350. The summed E-state index contributed by atoms with van der Waals surface area (Å²) in [5.74, 6) is 3.44. The molecule has 0 saturated carbocycles. The summed E-state index contributed by atoms with van der Waals surface area (Å²) in [6.07, 6.45) is 0. The molecule has 3 rings (SSSR count). The summed E-state index contributed by atoms with van der Waals surface area (Å²) in [4.78, 5) is 0. The molecule has 1 N–H and O–H groups in total. The first kappa shape index (κ1) is 18.4. The molecule has 8 heteroatoms. The standard InChI is InChI=1S/C19H21N3O5/c1-23-13-6-7-14(16(10-13)25-3)20-11-18-21-22-19(27-18)12-5-8-15(24-2)17(9-12)26-4/h5-10,20H,11H2,1-4H3. The number of nitrogens with one attached hydrogen (secondary N) is 1. The van der Waals surface area contributed by atoms with Crippen molar-refractivity contribution in [3.63, 3.8) is 0 Å². The van der Waals surface area contributed by atoms with Crippen LogP contribution in [0.1, 0.15) is 5.89 Å². The van der Waals surface area contributed by atoms with Crippen LogP contribution >= 0.6 is 0 Å². The lowest BCUT2D eigenvalue weighted by Crippen LogP contribution is -2.02. The molecule has 0 aliphatic heterocycles. The van der Waals surface area contributed by atoms with Crippen molar-refractivity contribution >= 4 is 5.69 Å². The van der Waals surface area contributed by atoms with E-state index in [4.69, 9.17) is 23.4 Å². The summed E-state index contributed by atoms with van der Waals surface area (Å²) >= 11 is 0. The number of aromatic nitrogens is 2. The highest BCUT2D eigenvalue weighted by Crippen LogP contribution is 2.32. The average Bonchev–Trinajstić information content (AvgIpc) is 3.20. The van der Waals surface area contributed by atoms with E-state index >= 15 is 0 Å². The van der Waals surface area contributed by atoms with Crippen LogP contribution in [0.25, 0.3) is 11.5 Å². The quantitative estimate of drug-likeness (QED) is 0.645. The van der Waals surface area contributed by atoms with Gasteiger partial charge in [0, 0.05) is 11.6 Å². The molecule has 8 nitrogen and oxygen atoms in total. The van der Waals surface area contributed by atoms with E-state index in [1.807, 2.05) is 18.2 Å². The normalized spacial score (nSPS) is 10.4.